The van der Waals surface area contributed by atoms with Gasteiger partial charge in [-0.2, -0.15) is 13.2 Å². The molecule has 3 rings (SSSR count). The van der Waals surface area contributed by atoms with Crippen LogP contribution in [0.1, 0.15) is 35.0 Å². The van der Waals surface area contributed by atoms with E-state index >= 15 is 0 Å². The van der Waals surface area contributed by atoms with Gasteiger partial charge in [-0.25, -0.2) is 14.8 Å². The number of rotatable bonds is 3. The number of hydrogen-bond acceptors (Lipinski definition) is 5. The van der Waals surface area contributed by atoms with Crippen LogP contribution in [0.4, 0.5) is 13.2 Å². The molecule has 0 aliphatic rings. The number of H-pyrrole nitrogens is 3. The Morgan fingerprint density at radius 3 is 2.75 bits per heavy atom. The van der Waals surface area contributed by atoms with Crippen LogP contribution in [0.2, 0.25) is 0 Å². The fourth-order valence-corrected chi connectivity index (χ4v) is 2.06. The van der Waals surface area contributed by atoms with E-state index in [1.165, 1.54) is 19.2 Å². The molecule has 24 heavy (non-hydrogen) atoms. The summed E-state index contributed by atoms with van der Waals surface area (Å²) in [7, 11) is 0. The van der Waals surface area contributed by atoms with Crippen LogP contribution in [0.3, 0.4) is 0 Å². The number of hydrogen-bond donors (Lipinski definition) is 4. The molecule has 0 aromatic carbocycles. The zero-order chi connectivity index (χ0) is 17.5. The molecule has 3 aromatic heterocycles. The van der Waals surface area contributed by atoms with Crippen LogP contribution in [0.25, 0.3) is 11.2 Å². The van der Waals surface area contributed by atoms with Crippen LogP contribution in [0.15, 0.2) is 17.1 Å². The third kappa shape index (κ3) is 2.85. The van der Waals surface area contributed by atoms with Crippen molar-refractivity contribution >= 4 is 17.1 Å². The first kappa shape index (κ1) is 15.7. The minimum atomic E-state index is -4.68. The van der Waals surface area contributed by atoms with Crippen LogP contribution in [-0.4, -0.2) is 36.0 Å². The van der Waals surface area contributed by atoms with E-state index in [9.17, 15) is 22.8 Å². The van der Waals surface area contributed by atoms with E-state index in [1.807, 2.05) is 0 Å². The maximum atomic E-state index is 12.5. The van der Waals surface area contributed by atoms with E-state index in [1.54, 1.807) is 0 Å². The molecular formula is C12H10F3N7O2. The van der Waals surface area contributed by atoms with Gasteiger partial charge in [0.15, 0.2) is 5.65 Å². The highest BCUT2D eigenvalue weighted by Gasteiger charge is 2.36. The molecule has 3 aromatic rings. The molecule has 1 unspecified atom stereocenters. The van der Waals surface area contributed by atoms with Crippen molar-refractivity contribution in [2.75, 3.05) is 0 Å². The normalized spacial score (nSPS) is 13.2. The van der Waals surface area contributed by atoms with Gasteiger partial charge >= 0.3 is 11.9 Å². The van der Waals surface area contributed by atoms with Gasteiger partial charge in [0.25, 0.3) is 11.7 Å². The van der Waals surface area contributed by atoms with Crippen molar-refractivity contribution in [3.8, 4) is 0 Å². The minimum absolute atomic E-state index is 0.112. The molecule has 0 radical (unpaired) electrons. The maximum Gasteiger partial charge on any atom is 0.453 e. The predicted molar refractivity (Wildman–Crippen MR) is 74.0 cm³/mol. The Morgan fingerprint density at radius 1 is 1.33 bits per heavy atom. The molecule has 0 aliphatic heterocycles. The lowest BCUT2D eigenvalue weighted by molar-refractivity contribution is -0.144. The molecule has 0 saturated heterocycles. The number of aromatic nitrogens is 6. The molecule has 0 saturated carbocycles. The lowest BCUT2D eigenvalue weighted by Crippen LogP contribution is -2.27. The van der Waals surface area contributed by atoms with Crippen LogP contribution >= 0.6 is 0 Å². The number of alkyl halides is 3. The van der Waals surface area contributed by atoms with Gasteiger partial charge < -0.3 is 10.3 Å². The number of nitrogens with zero attached hydrogens (tertiary/aromatic N) is 3. The Morgan fingerprint density at radius 2 is 2.08 bits per heavy atom. The smallest absolute Gasteiger partial charge is 0.342 e. The third-order valence-electron chi connectivity index (χ3n) is 3.18. The standard InChI is InChI=1S/C12H10F3N7O2/c1-4(7-19-10(22-21-7)12(13,14)15)17-9(23)5-2-3-16-8-6(5)18-11(24)20-8/h2-4H,1H3,(H,17,23)(H,19,21,22)(H2,16,18,20,24). The Bertz CT molecular complexity index is 955. The van der Waals surface area contributed by atoms with Gasteiger partial charge in [-0.1, -0.05) is 0 Å². The molecule has 1 atom stereocenters. The van der Waals surface area contributed by atoms with Crippen molar-refractivity contribution < 1.29 is 18.0 Å². The highest BCUT2D eigenvalue weighted by atomic mass is 19.4. The van der Waals surface area contributed by atoms with E-state index in [2.05, 4.69) is 35.5 Å². The van der Waals surface area contributed by atoms with Crippen LogP contribution in [0, 0.1) is 0 Å². The number of amides is 1. The first-order valence-electron chi connectivity index (χ1n) is 6.63. The van der Waals surface area contributed by atoms with Gasteiger partial charge in [-0.05, 0) is 13.0 Å². The van der Waals surface area contributed by atoms with E-state index in [4.69, 9.17) is 0 Å². The van der Waals surface area contributed by atoms with Crippen molar-refractivity contribution in [3.63, 3.8) is 0 Å². The van der Waals surface area contributed by atoms with Crippen molar-refractivity contribution in [2.24, 2.45) is 0 Å². The van der Waals surface area contributed by atoms with Crippen molar-refractivity contribution in [1.29, 1.82) is 0 Å². The molecule has 4 N–H and O–H groups in total. The van der Waals surface area contributed by atoms with Crippen molar-refractivity contribution in [3.05, 3.63) is 40.0 Å². The Hall–Kier alpha value is -3.18. The Balaban J connectivity index is 1.83. The topological polar surface area (TPSA) is 132 Å². The number of fused-ring (bicyclic) bond motifs is 1. The summed E-state index contributed by atoms with van der Waals surface area (Å²) in [5.41, 5.74) is -0.0308. The largest absolute Gasteiger partial charge is 0.453 e. The number of nitrogens with one attached hydrogen (secondary N) is 4. The summed E-state index contributed by atoms with van der Waals surface area (Å²) >= 11 is 0. The highest BCUT2D eigenvalue weighted by molar-refractivity contribution is 6.03. The fraction of sp³-hybridized carbons (Fsp3) is 0.250. The number of halogens is 3. The van der Waals surface area contributed by atoms with Crippen molar-refractivity contribution in [2.45, 2.75) is 19.1 Å². The van der Waals surface area contributed by atoms with Gasteiger partial charge in [-0.3, -0.25) is 14.9 Å². The molecule has 0 aliphatic carbocycles. The highest BCUT2D eigenvalue weighted by Crippen LogP contribution is 2.26. The molecule has 0 bridgehead atoms. The fourth-order valence-electron chi connectivity index (χ4n) is 2.06. The summed E-state index contributed by atoms with van der Waals surface area (Å²) in [4.78, 5) is 35.6. The number of aromatic amines is 3. The summed E-state index contributed by atoms with van der Waals surface area (Å²) < 4.78 is 37.5. The lowest BCUT2D eigenvalue weighted by Gasteiger charge is -2.11. The summed E-state index contributed by atoms with van der Waals surface area (Å²) in [6.45, 7) is 1.44. The first-order chi connectivity index (χ1) is 11.3. The number of imidazole rings is 1. The minimum Gasteiger partial charge on any atom is -0.342 e. The molecule has 126 valence electrons. The summed E-state index contributed by atoms with van der Waals surface area (Å²) in [6, 6.07) is 0.505. The van der Waals surface area contributed by atoms with Crippen LogP contribution in [0.5, 0.6) is 0 Å². The summed E-state index contributed by atoms with van der Waals surface area (Å²) in [5.74, 6) is -2.08. The molecule has 3 heterocycles. The monoisotopic (exact) mass is 341 g/mol. The second-order valence-electron chi connectivity index (χ2n) is 4.90. The van der Waals surface area contributed by atoms with Gasteiger partial charge in [0.1, 0.15) is 5.82 Å². The van der Waals surface area contributed by atoms with Gasteiger partial charge in [-0.15, -0.1) is 5.10 Å². The van der Waals surface area contributed by atoms with Crippen molar-refractivity contribution in [1.82, 2.24) is 35.5 Å². The van der Waals surface area contributed by atoms with Crippen LogP contribution < -0.4 is 11.0 Å². The van der Waals surface area contributed by atoms with E-state index in [-0.39, 0.29) is 22.6 Å². The number of pyridine rings is 1. The molecule has 9 nitrogen and oxygen atoms in total. The summed E-state index contributed by atoms with van der Waals surface area (Å²) in [6.07, 6.45) is -3.36. The molecule has 0 spiro atoms. The number of carbonyl (C=O) groups is 1. The summed E-state index contributed by atoms with van der Waals surface area (Å²) in [5, 5.41) is 7.68. The average Bonchev–Trinajstić information content (AvgIpc) is 3.11. The molecule has 0 fully saturated rings. The van der Waals surface area contributed by atoms with Gasteiger partial charge in [0, 0.05) is 6.20 Å². The Kier molecular flexibility index (Phi) is 3.58. The van der Waals surface area contributed by atoms with E-state index < -0.39 is 29.6 Å². The lowest BCUT2D eigenvalue weighted by atomic mass is 10.2. The molecular weight excluding hydrogens is 331 g/mol. The van der Waals surface area contributed by atoms with E-state index in [0.717, 1.165) is 0 Å². The third-order valence-corrected chi connectivity index (χ3v) is 3.18. The van der Waals surface area contributed by atoms with Gasteiger partial charge in [0.05, 0.1) is 17.1 Å². The van der Waals surface area contributed by atoms with E-state index in [0.29, 0.717) is 0 Å². The van der Waals surface area contributed by atoms with Crippen LogP contribution in [-0.2, 0) is 6.18 Å². The van der Waals surface area contributed by atoms with Gasteiger partial charge in [0.2, 0.25) is 0 Å². The zero-order valence-electron chi connectivity index (χ0n) is 12.0. The predicted octanol–water partition coefficient (Wildman–Crippen LogP) is 0.879. The molecule has 12 heteroatoms. The SMILES string of the molecule is CC(NC(=O)c1ccnc2[nH]c(=O)[nH]c12)c1nc(C(F)(F)F)n[nH]1. The Labute approximate surface area is 130 Å². The maximum absolute atomic E-state index is 12.5. The average molecular weight is 341 g/mol. The molecule has 1 amide bonds. The second-order valence-corrected chi connectivity index (χ2v) is 4.90. The zero-order valence-corrected chi connectivity index (χ0v) is 12.0. The number of carbonyl (C=O) groups excluding carboxylic acids is 1. The second kappa shape index (κ2) is 5.47. The quantitative estimate of drug-likeness (QED) is 0.561. The first-order valence-corrected chi connectivity index (χ1v) is 6.63.